The first-order valence-corrected chi connectivity index (χ1v) is 10.5. The summed E-state index contributed by atoms with van der Waals surface area (Å²) in [5.74, 6) is 0.902. The van der Waals surface area contributed by atoms with Gasteiger partial charge in [0.15, 0.2) is 0 Å². The highest BCUT2D eigenvalue weighted by molar-refractivity contribution is 5.74. The zero-order chi connectivity index (χ0) is 20.5. The number of hydrogen-bond acceptors (Lipinski definition) is 4. The Morgan fingerprint density at radius 2 is 1.89 bits per heavy atom. The summed E-state index contributed by atoms with van der Waals surface area (Å²) in [4.78, 5) is 29.8. The number of urea groups is 1. The van der Waals surface area contributed by atoms with Crippen LogP contribution in [0, 0.1) is 6.92 Å². The van der Waals surface area contributed by atoms with Crippen molar-refractivity contribution in [3.05, 3.63) is 27.4 Å². The molecule has 3 heterocycles. The topological polar surface area (TPSA) is 88.0 Å². The molecule has 7 heteroatoms. The summed E-state index contributed by atoms with van der Waals surface area (Å²) in [6.45, 7) is 11.7. The summed E-state index contributed by atoms with van der Waals surface area (Å²) in [6, 6.07) is -0.0359. The highest BCUT2D eigenvalue weighted by Gasteiger charge is 2.38. The predicted octanol–water partition coefficient (Wildman–Crippen LogP) is 2.04. The molecule has 3 rings (SSSR count). The highest BCUT2D eigenvalue weighted by Crippen LogP contribution is 2.28. The molecule has 2 aliphatic rings. The molecule has 1 aromatic rings. The molecule has 0 unspecified atom stereocenters. The molecule has 156 valence electrons. The van der Waals surface area contributed by atoms with Gasteiger partial charge < -0.3 is 16.0 Å². The van der Waals surface area contributed by atoms with Crippen molar-refractivity contribution in [3.8, 4) is 0 Å². The average molecular weight is 390 g/mol. The van der Waals surface area contributed by atoms with Gasteiger partial charge in [0, 0.05) is 47.9 Å². The van der Waals surface area contributed by atoms with E-state index in [1.807, 2.05) is 11.5 Å². The van der Waals surface area contributed by atoms with E-state index >= 15 is 0 Å². The number of amides is 2. The molecular formula is C21H35N5O2. The molecule has 0 radical (unpaired) electrons. The first kappa shape index (κ1) is 20.8. The van der Waals surface area contributed by atoms with Crippen molar-refractivity contribution < 1.29 is 4.79 Å². The minimum absolute atomic E-state index is 0.0136. The van der Waals surface area contributed by atoms with Crippen molar-refractivity contribution in [1.82, 2.24) is 25.5 Å². The maximum atomic E-state index is 12.8. The Morgan fingerprint density at radius 1 is 1.21 bits per heavy atom. The molecular weight excluding hydrogens is 354 g/mol. The van der Waals surface area contributed by atoms with E-state index < -0.39 is 0 Å². The van der Waals surface area contributed by atoms with Gasteiger partial charge >= 0.3 is 6.03 Å². The molecule has 1 aromatic heterocycles. The van der Waals surface area contributed by atoms with E-state index in [1.165, 1.54) is 0 Å². The summed E-state index contributed by atoms with van der Waals surface area (Å²) in [5, 5.41) is 9.65. The average Bonchev–Trinajstić information content (AvgIpc) is 2.55. The van der Waals surface area contributed by atoms with Crippen LogP contribution in [0.1, 0.15) is 70.5 Å². The summed E-state index contributed by atoms with van der Waals surface area (Å²) in [6.07, 6.45) is 5.28. The van der Waals surface area contributed by atoms with E-state index in [-0.39, 0.29) is 28.7 Å². The predicted molar refractivity (Wildman–Crippen MR) is 111 cm³/mol. The Kier molecular flexibility index (Phi) is 5.84. The smallest absolute Gasteiger partial charge is 0.315 e. The number of fused-ring (bicyclic) bond motifs is 1. The summed E-state index contributed by atoms with van der Waals surface area (Å²) in [5.41, 5.74) is 1.55. The molecule has 0 saturated carbocycles. The third kappa shape index (κ3) is 4.93. The molecule has 0 spiro atoms. The number of aromatic nitrogens is 2. The van der Waals surface area contributed by atoms with Crippen LogP contribution < -0.4 is 21.5 Å². The van der Waals surface area contributed by atoms with Crippen molar-refractivity contribution in [3.63, 3.8) is 0 Å². The van der Waals surface area contributed by atoms with Crippen molar-refractivity contribution in [2.75, 3.05) is 6.54 Å². The van der Waals surface area contributed by atoms with Crippen molar-refractivity contribution in [2.45, 2.75) is 96.8 Å². The zero-order valence-corrected chi connectivity index (χ0v) is 17.9. The number of hydrogen-bond donors (Lipinski definition) is 3. The van der Waals surface area contributed by atoms with Crippen molar-refractivity contribution in [2.24, 2.45) is 0 Å². The lowest BCUT2D eigenvalue weighted by molar-refractivity contribution is 0.147. The molecule has 1 saturated heterocycles. The van der Waals surface area contributed by atoms with Gasteiger partial charge in [-0.2, -0.15) is 0 Å². The molecule has 2 amide bonds. The van der Waals surface area contributed by atoms with Gasteiger partial charge in [0.25, 0.3) is 5.56 Å². The minimum atomic E-state index is -0.165. The Balaban J connectivity index is 1.55. The van der Waals surface area contributed by atoms with E-state index in [1.54, 1.807) is 0 Å². The van der Waals surface area contributed by atoms with Crippen LogP contribution in [0.25, 0.3) is 0 Å². The number of carbonyl (C=O) groups is 1. The van der Waals surface area contributed by atoms with E-state index in [0.29, 0.717) is 13.0 Å². The van der Waals surface area contributed by atoms with Crippen molar-refractivity contribution >= 4 is 6.03 Å². The van der Waals surface area contributed by atoms with Crippen LogP contribution in [0.15, 0.2) is 4.79 Å². The Bertz CT molecular complexity index is 781. The first-order valence-electron chi connectivity index (χ1n) is 10.5. The van der Waals surface area contributed by atoms with Crippen LogP contribution in [-0.4, -0.2) is 39.2 Å². The fraction of sp³-hybridized carbons (Fsp3) is 0.762. The normalized spacial score (nSPS) is 21.0. The molecule has 7 nitrogen and oxygen atoms in total. The lowest BCUT2D eigenvalue weighted by Crippen LogP contribution is -2.62. The summed E-state index contributed by atoms with van der Waals surface area (Å²) < 4.78 is 1.81. The molecule has 0 aromatic carbocycles. The maximum absolute atomic E-state index is 12.8. The van der Waals surface area contributed by atoms with Crippen LogP contribution in [-0.2, 0) is 19.4 Å². The van der Waals surface area contributed by atoms with E-state index in [4.69, 9.17) is 0 Å². The monoisotopic (exact) mass is 389 g/mol. The van der Waals surface area contributed by atoms with E-state index in [0.717, 1.165) is 55.7 Å². The van der Waals surface area contributed by atoms with Gasteiger partial charge in [-0.05, 0) is 66.7 Å². The van der Waals surface area contributed by atoms with Crippen molar-refractivity contribution in [1.29, 1.82) is 0 Å². The van der Waals surface area contributed by atoms with E-state index in [2.05, 4.69) is 48.6 Å². The Hall–Kier alpha value is -1.89. The van der Waals surface area contributed by atoms with Gasteiger partial charge in [0.2, 0.25) is 0 Å². The second kappa shape index (κ2) is 7.85. The number of aryl methyl sites for hydroxylation is 2. The third-order valence-corrected chi connectivity index (χ3v) is 5.77. The second-order valence-corrected chi connectivity index (χ2v) is 9.65. The number of nitrogens with zero attached hydrogens (tertiary/aromatic N) is 2. The lowest BCUT2D eigenvalue weighted by atomic mass is 9.80. The zero-order valence-electron chi connectivity index (χ0n) is 17.9. The third-order valence-electron chi connectivity index (χ3n) is 5.77. The first-order chi connectivity index (χ1) is 13.1. The molecule has 2 aliphatic heterocycles. The lowest BCUT2D eigenvalue weighted by Gasteiger charge is -2.46. The summed E-state index contributed by atoms with van der Waals surface area (Å²) >= 11 is 0. The minimum Gasteiger partial charge on any atom is -0.338 e. The number of rotatable bonds is 4. The highest BCUT2D eigenvalue weighted by atomic mass is 16.2. The van der Waals surface area contributed by atoms with Crippen LogP contribution in [0.2, 0.25) is 0 Å². The van der Waals surface area contributed by atoms with E-state index in [9.17, 15) is 9.59 Å². The van der Waals surface area contributed by atoms with Gasteiger partial charge in [0.1, 0.15) is 5.82 Å². The van der Waals surface area contributed by atoms with Crippen LogP contribution in [0.3, 0.4) is 0 Å². The Morgan fingerprint density at radius 3 is 2.57 bits per heavy atom. The van der Waals surface area contributed by atoms with Crippen LogP contribution >= 0.6 is 0 Å². The van der Waals surface area contributed by atoms with Gasteiger partial charge in [0.05, 0.1) is 0 Å². The number of nitrogens with one attached hydrogen (secondary N) is 3. The van der Waals surface area contributed by atoms with Gasteiger partial charge in [-0.3, -0.25) is 9.36 Å². The number of carbonyl (C=O) groups excluding carboxylic acids is 1. The molecule has 3 N–H and O–H groups in total. The maximum Gasteiger partial charge on any atom is 0.315 e. The van der Waals surface area contributed by atoms with Gasteiger partial charge in [-0.15, -0.1) is 0 Å². The standard InChI is InChI=1S/C21H35N5O2/c1-14-16(18(27)26-11-7-6-8-17(26)23-14)9-10-22-19(28)24-15-12-20(2,3)25-21(4,5)13-15/h15,25H,6-13H2,1-5H3,(H2,22,24,28). The fourth-order valence-corrected chi connectivity index (χ4v) is 4.98. The van der Waals surface area contributed by atoms with Gasteiger partial charge in [-0.25, -0.2) is 9.78 Å². The SMILES string of the molecule is Cc1nc2n(c(=O)c1CCNC(=O)NC1CC(C)(C)NC(C)(C)C1)CCCC2. The molecule has 28 heavy (non-hydrogen) atoms. The Labute approximate surface area is 167 Å². The molecule has 0 bridgehead atoms. The summed E-state index contributed by atoms with van der Waals surface area (Å²) in [7, 11) is 0. The molecule has 0 atom stereocenters. The molecule has 1 fully saturated rings. The quantitative estimate of drug-likeness (QED) is 0.735. The van der Waals surface area contributed by atoms with Crippen LogP contribution in [0.4, 0.5) is 4.79 Å². The molecule has 0 aliphatic carbocycles. The number of piperidine rings is 1. The fourth-order valence-electron chi connectivity index (χ4n) is 4.98. The van der Waals surface area contributed by atoms with Gasteiger partial charge in [-0.1, -0.05) is 0 Å². The van der Waals surface area contributed by atoms with Crippen LogP contribution in [0.5, 0.6) is 0 Å². The largest absolute Gasteiger partial charge is 0.338 e. The second-order valence-electron chi connectivity index (χ2n) is 9.65.